The summed E-state index contributed by atoms with van der Waals surface area (Å²) in [6.07, 6.45) is 1.91. The minimum atomic E-state index is -0.129. The fourth-order valence-corrected chi connectivity index (χ4v) is 1.55. The van der Waals surface area contributed by atoms with Gasteiger partial charge in [0.05, 0.1) is 6.61 Å². The number of H-pyrrole nitrogens is 1. The van der Waals surface area contributed by atoms with Crippen molar-refractivity contribution >= 4 is 5.91 Å². The van der Waals surface area contributed by atoms with E-state index in [1.807, 2.05) is 6.92 Å². The number of nitrogens with zero attached hydrogens (tertiary/aromatic N) is 2. The zero-order valence-corrected chi connectivity index (χ0v) is 9.86. The molecule has 1 heterocycles. The van der Waals surface area contributed by atoms with E-state index in [4.69, 9.17) is 5.11 Å². The Bertz CT molecular complexity index is 336. The van der Waals surface area contributed by atoms with Crippen molar-refractivity contribution in [2.45, 2.75) is 26.7 Å². The maximum atomic E-state index is 11.9. The summed E-state index contributed by atoms with van der Waals surface area (Å²) >= 11 is 0. The predicted octanol–water partition coefficient (Wildman–Crippen LogP) is 0.817. The molecule has 1 amide bonds. The normalized spacial score (nSPS) is 10.4. The molecule has 0 radical (unpaired) electrons. The van der Waals surface area contributed by atoms with Gasteiger partial charge in [0.1, 0.15) is 5.69 Å². The average Bonchev–Trinajstić information content (AvgIpc) is 2.74. The minimum Gasteiger partial charge on any atom is -0.395 e. The largest absolute Gasteiger partial charge is 0.395 e. The SMILES string of the molecule is CCCc1cc(C(=O)N(CC)CCO)n[nH]1. The van der Waals surface area contributed by atoms with Gasteiger partial charge in [0.25, 0.3) is 5.91 Å². The number of aromatic amines is 1. The van der Waals surface area contributed by atoms with Crippen molar-refractivity contribution in [2.24, 2.45) is 0 Å². The smallest absolute Gasteiger partial charge is 0.274 e. The number of carbonyl (C=O) groups is 1. The second-order valence-corrected chi connectivity index (χ2v) is 3.64. The molecule has 0 bridgehead atoms. The highest BCUT2D eigenvalue weighted by molar-refractivity contribution is 5.92. The van der Waals surface area contributed by atoms with E-state index in [1.54, 1.807) is 11.0 Å². The molecular formula is C11H19N3O2. The Hall–Kier alpha value is -1.36. The third kappa shape index (κ3) is 3.06. The van der Waals surface area contributed by atoms with Crippen LogP contribution in [0.1, 0.15) is 36.5 Å². The van der Waals surface area contributed by atoms with Crippen molar-refractivity contribution in [3.63, 3.8) is 0 Å². The molecule has 0 saturated heterocycles. The molecule has 0 unspecified atom stereocenters. The number of aromatic nitrogens is 2. The van der Waals surface area contributed by atoms with Crippen molar-refractivity contribution in [3.05, 3.63) is 17.5 Å². The van der Waals surface area contributed by atoms with E-state index in [9.17, 15) is 4.79 Å². The first-order valence-corrected chi connectivity index (χ1v) is 5.67. The highest BCUT2D eigenvalue weighted by Gasteiger charge is 2.16. The fourth-order valence-electron chi connectivity index (χ4n) is 1.55. The lowest BCUT2D eigenvalue weighted by molar-refractivity contribution is 0.0726. The van der Waals surface area contributed by atoms with Gasteiger partial charge in [-0.3, -0.25) is 9.89 Å². The summed E-state index contributed by atoms with van der Waals surface area (Å²) in [5.74, 6) is -0.129. The molecule has 5 nitrogen and oxygen atoms in total. The second kappa shape index (κ2) is 6.27. The lowest BCUT2D eigenvalue weighted by atomic mass is 10.2. The molecule has 0 fully saturated rings. The van der Waals surface area contributed by atoms with Crippen LogP contribution in [0.2, 0.25) is 0 Å². The van der Waals surface area contributed by atoms with Crippen LogP contribution in [-0.2, 0) is 6.42 Å². The van der Waals surface area contributed by atoms with Crippen LogP contribution in [0.4, 0.5) is 0 Å². The third-order valence-corrected chi connectivity index (χ3v) is 2.41. The maximum Gasteiger partial charge on any atom is 0.274 e. The molecule has 0 aromatic carbocycles. The highest BCUT2D eigenvalue weighted by Crippen LogP contribution is 2.05. The maximum absolute atomic E-state index is 11.9. The minimum absolute atomic E-state index is 0.0220. The first kappa shape index (κ1) is 12.7. The molecule has 90 valence electrons. The zero-order valence-electron chi connectivity index (χ0n) is 9.86. The van der Waals surface area contributed by atoms with Gasteiger partial charge in [0, 0.05) is 18.8 Å². The van der Waals surface area contributed by atoms with E-state index < -0.39 is 0 Å². The van der Waals surface area contributed by atoms with Gasteiger partial charge in [-0.05, 0) is 19.4 Å². The van der Waals surface area contributed by atoms with Crippen LogP contribution in [0.5, 0.6) is 0 Å². The van der Waals surface area contributed by atoms with Crippen LogP contribution in [0.3, 0.4) is 0 Å². The van der Waals surface area contributed by atoms with Crippen LogP contribution in [0.15, 0.2) is 6.07 Å². The topological polar surface area (TPSA) is 69.2 Å². The van der Waals surface area contributed by atoms with E-state index in [0.29, 0.717) is 18.8 Å². The summed E-state index contributed by atoms with van der Waals surface area (Å²) in [5.41, 5.74) is 1.41. The standard InChI is InChI=1S/C11H19N3O2/c1-3-5-9-8-10(13-12-9)11(16)14(4-2)6-7-15/h8,15H,3-7H2,1-2H3,(H,12,13). The van der Waals surface area contributed by atoms with Gasteiger partial charge in [0.15, 0.2) is 0 Å². The molecule has 16 heavy (non-hydrogen) atoms. The van der Waals surface area contributed by atoms with Crippen molar-refractivity contribution in [1.29, 1.82) is 0 Å². The van der Waals surface area contributed by atoms with Crippen molar-refractivity contribution in [3.8, 4) is 0 Å². The Labute approximate surface area is 95.5 Å². The van der Waals surface area contributed by atoms with Gasteiger partial charge in [-0.25, -0.2) is 0 Å². The monoisotopic (exact) mass is 225 g/mol. The van der Waals surface area contributed by atoms with Crippen LogP contribution in [-0.4, -0.2) is 45.8 Å². The Morgan fingerprint density at radius 1 is 1.56 bits per heavy atom. The van der Waals surface area contributed by atoms with E-state index in [2.05, 4.69) is 17.1 Å². The molecule has 0 aliphatic rings. The number of rotatable bonds is 6. The number of hydrogen-bond acceptors (Lipinski definition) is 3. The summed E-state index contributed by atoms with van der Waals surface area (Å²) in [6, 6.07) is 1.78. The highest BCUT2D eigenvalue weighted by atomic mass is 16.3. The molecule has 0 saturated carbocycles. The molecule has 0 aliphatic heterocycles. The van der Waals surface area contributed by atoms with Crippen LogP contribution < -0.4 is 0 Å². The number of hydrogen-bond donors (Lipinski definition) is 2. The van der Waals surface area contributed by atoms with Gasteiger partial charge in [-0.2, -0.15) is 5.10 Å². The first-order valence-electron chi connectivity index (χ1n) is 5.67. The quantitative estimate of drug-likeness (QED) is 0.753. The molecule has 0 spiro atoms. The van der Waals surface area contributed by atoms with Crippen molar-refractivity contribution in [1.82, 2.24) is 15.1 Å². The van der Waals surface area contributed by atoms with Crippen molar-refractivity contribution < 1.29 is 9.90 Å². The third-order valence-electron chi connectivity index (χ3n) is 2.41. The Morgan fingerprint density at radius 2 is 2.31 bits per heavy atom. The second-order valence-electron chi connectivity index (χ2n) is 3.64. The zero-order chi connectivity index (χ0) is 12.0. The lowest BCUT2D eigenvalue weighted by Crippen LogP contribution is -2.33. The number of likely N-dealkylation sites (N-methyl/N-ethyl adjacent to an activating group) is 1. The summed E-state index contributed by atoms with van der Waals surface area (Å²) in [4.78, 5) is 13.5. The molecule has 0 atom stereocenters. The lowest BCUT2D eigenvalue weighted by Gasteiger charge is -2.17. The number of amides is 1. The van der Waals surface area contributed by atoms with E-state index in [-0.39, 0.29) is 12.5 Å². The first-order chi connectivity index (χ1) is 7.72. The number of aryl methyl sites for hydroxylation is 1. The molecule has 0 aliphatic carbocycles. The summed E-state index contributed by atoms with van der Waals surface area (Å²) in [7, 11) is 0. The average molecular weight is 225 g/mol. The number of aliphatic hydroxyl groups is 1. The molecular weight excluding hydrogens is 206 g/mol. The molecule has 1 aromatic rings. The number of aliphatic hydroxyl groups excluding tert-OH is 1. The Balaban J connectivity index is 2.70. The Kier molecular flexibility index (Phi) is 4.98. The number of carbonyl (C=O) groups excluding carboxylic acids is 1. The van der Waals surface area contributed by atoms with Gasteiger partial charge in [-0.1, -0.05) is 13.3 Å². The van der Waals surface area contributed by atoms with Gasteiger partial charge in [0.2, 0.25) is 0 Å². The molecule has 1 rings (SSSR count). The summed E-state index contributed by atoms with van der Waals surface area (Å²) in [6.45, 7) is 4.87. The summed E-state index contributed by atoms with van der Waals surface area (Å²) in [5, 5.41) is 15.7. The van der Waals surface area contributed by atoms with E-state index >= 15 is 0 Å². The molecule has 5 heteroatoms. The summed E-state index contributed by atoms with van der Waals surface area (Å²) < 4.78 is 0. The van der Waals surface area contributed by atoms with Crippen molar-refractivity contribution in [2.75, 3.05) is 19.7 Å². The van der Waals surface area contributed by atoms with Crippen LogP contribution in [0.25, 0.3) is 0 Å². The molecule has 2 N–H and O–H groups in total. The molecule has 1 aromatic heterocycles. The van der Waals surface area contributed by atoms with E-state index in [0.717, 1.165) is 18.5 Å². The predicted molar refractivity (Wildman–Crippen MR) is 61.2 cm³/mol. The van der Waals surface area contributed by atoms with Gasteiger partial charge >= 0.3 is 0 Å². The van der Waals surface area contributed by atoms with Gasteiger partial charge < -0.3 is 10.0 Å². The van der Waals surface area contributed by atoms with E-state index in [1.165, 1.54) is 0 Å². The van der Waals surface area contributed by atoms with Gasteiger partial charge in [-0.15, -0.1) is 0 Å². The van der Waals surface area contributed by atoms with Crippen LogP contribution >= 0.6 is 0 Å². The number of nitrogens with one attached hydrogen (secondary N) is 1. The fraction of sp³-hybridized carbons (Fsp3) is 0.636. The van der Waals surface area contributed by atoms with Crippen LogP contribution in [0, 0.1) is 0 Å². The Morgan fingerprint density at radius 3 is 2.88 bits per heavy atom.